The summed E-state index contributed by atoms with van der Waals surface area (Å²) in [6.07, 6.45) is 2.35. The molecule has 0 spiro atoms. The van der Waals surface area contributed by atoms with Crippen LogP contribution in [0.5, 0.6) is 0 Å². The molecule has 0 aliphatic rings. The van der Waals surface area contributed by atoms with Gasteiger partial charge in [-0.05, 0) is 40.3 Å². The van der Waals surface area contributed by atoms with Crippen LogP contribution >= 0.6 is 0 Å². The van der Waals surface area contributed by atoms with E-state index in [1.54, 1.807) is 0 Å². The first-order valence-corrected chi connectivity index (χ1v) is 7.28. The van der Waals surface area contributed by atoms with Crippen LogP contribution in [0, 0.1) is 0 Å². The summed E-state index contributed by atoms with van der Waals surface area (Å²) in [4.78, 5) is 26.4. The van der Waals surface area contributed by atoms with Crippen molar-refractivity contribution in [1.82, 2.24) is 15.1 Å². The first-order chi connectivity index (χ1) is 9.36. The second-order valence-corrected chi connectivity index (χ2v) is 5.43. The highest BCUT2D eigenvalue weighted by molar-refractivity contribution is 5.74. The number of carboxylic acid groups (broad SMARTS) is 1. The van der Waals surface area contributed by atoms with Crippen molar-refractivity contribution in [2.45, 2.75) is 45.6 Å². The molecule has 0 rings (SSSR count). The molecule has 0 saturated carbocycles. The lowest BCUT2D eigenvalue weighted by Crippen LogP contribution is -2.46. The van der Waals surface area contributed by atoms with Crippen molar-refractivity contribution in [2.75, 3.05) is 33.7 Å². The van der Waals surface area contributed by atoms with Crippen molar-refractivity contribution in [2.24, 2.45) is 0 Å². The Morgan fingerprint density at radius 3 is 2.35 bits per heavy atom. The lowest BCUT2D eigenvalue weighted by atomic mass is 10.1. The van der Waals surface area contributed by atoms with E-state index in [9.17, 15) is 9.59 Å². The molecule has 20 heavy (non-hydrogen) atoms. The first-order valence-electron chi connectivity index (χ1n) is 7.28. The highest BCUT2D eigenvalue weighted by atomic mass is 16.4. The number of carbonyl (C=O) groups is 2. The van der Waals surface area contributed by atoms with Crippen LogP contribution in [0.4, 0.5) is 4.79 Å². The Hall–Kier alpha value is -1.30. The standard InChI is InChI=1S/C14H29N3O3/c1-5-9-17(11-10-16(3)4)14(20)15-12(2)7-6-8-13(18)19/h12H,5-11H2,1-4H3,(H,15,20)(H,18,19). The number of likely N-dealkylation sites (N-methyl/N-ethyl adjacent to an activating group) is 1. The molecule has 0 aliphatic heterocycles. The van der Waals surface area contributed by atoms with E-state index in [1.807, 2.05) is 37.7 Å². The molecular weight excluding hydrogens is 258 g/mol. The third-order valence-electron chi connectivity index (χ3n) is 3.00. The number of carbonyl (C=O) groups excluding carboxylic acids is 1. The lowest BCUT2D eigenvalue weighted by molar-refractivity contribution is -0.137. The predicted molar refractivity (Wildman–Crippen MR) is 79.9 cm³/mol. The molecule has 6 heteroatoms. The molecule has 0 aromatic carbocycles. The Bertz CT molecular complexity index is 295. The van der Waals surface area contributed by atoms with Crippen LogP contribution in [0.25, 0.3) is 0 Å². The largest absolute Gasteiger partial charge is 0.481 e. The number of carboxylic acids is 1. The molecule has 1 atom stereocenters. The van der Waals surface area contributed by atoms with Gasteiger partial charge in [-0.2, -0.15) is 0 Å². The van der Waals surface area contributed by atoms with Crippen LogP contribution in [-0.4, -0.2) is 66.7 Å². The third kappa shape index (κ3) is 9.61. The average molecular weight is 287 g/mol. The summed E-state index contributed by atoms with van der Waals surface area (Å²) < 4.78 is 0. The second-order valence-electron chi connectivity index (χ2n) is 5.43. The van der Waals surface area contributed by atoms with Gasteiger partial charge in [-0.3, -0.25) is 4.79 Å². The van der Waals surface area contributed by atoms with Crippen LogP contribution < -0.4 is 5.32 Å². The predicted octanol–water partition coefficient (Wildman–Crippen LogP) is 1.61. The van der Waals surface area contributed by atoms with Crippen molar-refractivity contribution < 1.29 is 14.7 Å². The maximum atomic E-state index is 12.1. The molecule has 0 aromatic rings. The van der Waals surface area contributed by atoms with Gasteiger partial charge in [-0.1, -0.05) is 6.92 Å². The topological polar surface area (TPSA) is 72.9 Å². The van der Waals surface area contributed by atoms with E-state index >= 15 is 0 Å². The number of amides is 2. The number of nitrogens with zero attached hydrogens (tertiary/aromatic N) is 2. The zero-order chi connectivity index (χ0) is 15.5. The molecule has 1 unspecified atom stereocenters. The number of aliphatic carboxylic acids is 1. The fourth-order valence-electron chi connectivity index (χ4n) is 1.84. The normalized spacial score (nSPS) is 12.2. The fourth-order valence-corrected chi connectivity index (χ4v) is 1.84. The Balaban J connectivity index is 4.12. The zero-order valence-electron chi connectivity index (χ0n) is 13.2. The zero-order valence-corrected chi connectivity index (χ0v) is 13.2. The number of nitrogens with one attached hydrogen (secondary N) is 1. The van der Waals surface area contributed by atoms with E-state index in [0.29, 0.717) is 19.4 Å². The molecular formula is C14H29N3O3. The van der Waals surface area contributed by atoms with E-state index in [2.05, 4.69) is 5.32 Å². The van der Waals surface area contributed by atoms with Crippen LogP contribution in [0.15, 0.2) is 0 Å². The molecule has 0 radical (unpaired) electrons. The maximum Gasteiger partial charge on any atom is 0.317 e. The van der Waals surface area contributed by atoms with Gasteiger partial charge in [0.2, 0.25) is 0 Å². The van der Waals surface area contributed by atoms with Crippen molar-refractivity contribution in [3.05, 3.63) is 0 Å². The number of hydrogen-bond donors (Lipinski definition) is 2. The van der Waals surface area contributed by atoms with Crippen molar-refractivity contribution >= 4 is 12.0 Å². The summed E-state index contributed by atoms with van der Waals surface area (Å²) in [7, 11) is 3.97. The minimum absolute atomic E-state index is 0.000521. The Labute approximate surface area is 122 Å². The molecule has 118 valence electrons. The molecule has 2 amide bonds. The summed E-state index contributed by atoms with van der Waals surface area (Å²) in [6.45, 7) is 6.24. The van der Waals surface area contributed by atoms with Gasteiger partial charge in [0.25, 0.3) is 0 Å². The van der Waals surface area contributed by atoms with Gasteiger partial charge < -0.3 is 20.2 Å². The summed E-state index contributed by atoms with van der Waals surface area (Å²) in [5, 5.41) is 11.5. The molecule has 0 heterocycles. The summed E-state index contributed by atoms with van der Waals surface area (Å²) >= 11 is 0. The third-order valence-corrected chi connectivity index (χ3v) is 3.00. The van der Waals surface area contributed by atoms with Gasteiger partial charge in [0.1, 0.15) is 0 Å². The van der Waals surface area contributed by atoms with Gasteiger partial charge in [0.05, 0.1) is 0 Å². The van der Waals surface area contributed by atoms with E-state index in [-0.39, 0.29) is 18.5 Å². The number of urea groups is 1. The quantitative estimate of drug-likeness (QED) is 0.640. The van der Waals surface area contributed by atoms with Gasteiger partial charge in [0, 0.05) is 32.1 Å². The van der Waals surface area contributed by atoms with Gasteiger partial charge in [-0.25, -0.2) is 4.79 Å². The minimum atomic E-state index is -0.790. The van der Waals surface area contributed by atoms with Crippen LogP contribution in [0.3, 0.4) is 0 Å². The summed E-state index contributed by atoms with van der Waals surface area (Å²) in [5.41, 5.74) is 0. The number of hydrogen-bond acceptors (Lipinski definition) is 3. The van der Waals surface area contributed by atoms with Crippen molar-refractivity contribution in [3.8, 4) is 0 Å². The average Bonchev–Trinajstić information content (AvgIpc) is 2.33. The highest BCUT2D eigenvalue weighted by Crippen LogP contribution is 2.02. The van der Waals surface area contributed by atoms with Crippen LogP contribution in [0.2, 0.25) is 0 Å². The monoisotopic (exact) mass is 287 g/mol. The summed E-state index contributed by atoms with van der Waals surface area (Å²) in [6, 6.07) is -0.0583. The molecule has 0 saturated heterocycles. The SMILES string of the molecule is CCCN(CCN(C)C)C(=O)NC(C)CCCC(=O)O. The van der Waals surface area contributed by atoms with Crippen molar-refractivity contribution in [3.63, 3.8) is 0 Å². The van der Waals surface area contributed by atoms with E-state index in [1.165, 1.54) is 0 Å². The van der Waals surface area contributed by atoms with Gasteiger partial charge in [0.15, 0.2) is 0 Å². The Kier molecular flexibility index (Phi) is 9.80. The molecule has 0 aliphatic carbocycles. The van der Waals surface area contributed by atoms with Crippen molar-refractivity contribution in [1.29, 1.82) is 0 Å². The van der Waals surface area contributed by atoms with Crippen LogP contribution in [-0.2, 0) is 4.79 Å². The van der Waals surface area contributed by atoms with E-state index in [0.717, 1.165) is 19.5 Å². The van der Waals surface area contributed by atoms with E-state index < -0.39 is 5.97 Å². The first kappa shape index (κ1) is 18.7. The highest BCUT2D eigenvalue weighted by Gasteiger charge is 2.15. The fraction of sp³-hybridized carbons (Fsp3) is 0.857. The molecule has 6 nitrogen and oxygen atoms in total. The Morgan fingerprint density at radius 2 is 1.85 bits per heavy atom. The van der Waals surface area contributed by atoms with E-state index in [4.69, 9.17) is 5.11 Å². The lowest BCUT2D eigenvalue weighted by Gasteiger charge is -2.26. The second kappa shape index (κ2) is 10.5. The smallest absolute Gasteiger partial charge is 0.317 e. The molecule has 2 N–H and O–H groups in total. The van der Waals surface area contributed by atoms with Gasteiger partial charge in [-0.15, -0.1) is 0 Å². The van der Waals surface area contributed by atoms with Crippen LogP contribution in [0.1, 0.15) is 39.5 Å². The molecule has 0 bridgehead atoms. The molecule has 0 fully saturated rings. The Morgan fingerprint density at radius 1 is 1.20 bits per heavy atom. The summed E-state index contributed by atoms with van der Waals surface area (Å²) in [5.74, 6) is -0.790. The number of rotatable bonds is 10. The molecule has 0 aromatic heterocycles. The van der Waals surface area contributed by atoms with Gasteiger partial charge >= 0.3 is 12.0 Å². The minimum Gasteiger partial charge on any atom is -0.481 e. The maximum absolute atomic E-state index is 12.1.